The zero-order valence-electron chi connectivity index (χ0n) is 18.1. The van der Waals surface area contributed by atoms with Crippen molar-refractivity contribution >= 4 is 29.1 Å². The van der Waals surface area contributed by atoms with Crippen molar-refractivity contribution in [2.75, 3.05) is 13.2 Å². The molecule has 1 aliphatic rings. The number of nitrogens with one attached hydrogen (secondary N) is 1. The number of likely N-dealkylation sites (tertiary alicyclic amines) is 1. The smallest absolute Gasteiger partial charge is 0.272 e. The number of nitrogens with zero attached hydrogens (tertiary/aromatic N) is 3. The Labute approximate surface area is 190 Å². The summed E-state index contributed by atoms with van der Waals surface area (Å²) in [6, 6.07) is 3.70. The standard InChI is InChI=1S/C22H27N5O4S/c1-4-9-31-15-7-8-27(22(30)19-11-14(2)25-26(19)3)18(12-15)21(29)24-17(20(23)28)13-16-6-5-10-32-16/h1,5-6,10-11,15,17-18H,7-9,12-13H2,2-3H3,(H2,23,28)(H,24,29)/t15-,17+,18+/m1/s1. The summed E-state index contributed by atoms with van der Waals surface area (Å²) in [7, 11) is 1.68. The van der Waals surface area contributed by atoms with Gasteiger partial charge in [0, 0.05) is 31.3 Å². The number of hydrogen-bond acceptors (Lipinski definition) is 6. The number of thiophene rings is 1. The van der Waals surface area contributed by atoms with Crippen LogP contribution in [-0.2, 0) is 27.8 Å². The maximum Gasteiger partial charge on any atom is 0.272 e. The number of ether oxygens (including phenoxy) is 1. The van der Waals surface area contributed by atoms with Gasteiger partial charge in [0.2, 0.25) is 11.8 Å². The highest BCUT2D eigenvalue weighted by Gasteiger charge is 2.39. The SMILES string of the molecule is C#CCO[C@@H]1CCN(C(=O)c2cc(C)nn2C)[C@H](C(=O)N[C@@H](Cc2cccs2)C(N)=O)C1. The highest BCUT2D eigenvalue weighted by molar-refractivity contribution is 7.09. The maximum atomic E-state index is 13.3. The van der Waals surface area contributed by atoms with Crippen molar-refractivity contribution in [2.24, 2.45) is 12.8 Å². The molecule has 0 aromatic carbocycles. The van der Waals surface area contributed by atoms with Crippen molar-refractivity contribution in [3.05, 3.63) is 39.8 Å². The number of piperidine rings is 1. The Morgan fingerprint density at radius 3 is 2.84 bits per heavy atom. The van der Waals surface area contributed by atoms with Gasteiger partial charge in [-0.3, -0.25) is 19.1 Å². The van der Waals surface area contributed by atoms with E-state index in [1.54, 1.807) is 20.0 Å². The molecule has 3 N–H and O–H groups in total. The Hall–Kier alpha value is -3.16. The van der Waals surface area contributed by atoms with Gasteiger partial charge in [0.1, 0.15) is 24.4 Å². The van der Waals surface area contributed by atoms with Crippen LogP contribution in [0.4, 0.5) is 0 Å². The highest BCUT2D eigenvalue weighted by atomic mass is 32.1. The summed E-state index contributed by atoms with van der Waals surface area (Å²) < 4.78 is 7.15. The molecule has 0 spiro atoms. The minimum absolute atomic E-state index is 0.121. The average molecular weight is 458 g/mol. The number of terminal acetylenes is 1. The van der Waals surface area contributed by atoms with Crippen molar-refractivity contribution in [2.45, 2.75) is 44.4 Å². The molecule has 3 rings (SSSR count). The van der Waals surface area contributed by atoms with Crippen LogP contribution in [0, 0.1) is 19.3 Å². The summed E-state index contributed by atoms with van der Waals surface area (Å²) in [5, 5.41) is 8.85. The molecule has 1 aliphatic heterocycles. The fourth-order valence-corrected chi connectivity index (χ4v) is 4.57. The number of primary amides is 1. The largest absolute Gasteiger partial charge is 0.368 e. The predicted octanol–water partition coefficient (Wildman–Crippen LogP) is 0.626. The Bertz CT molecular complexity index is 1010. The van der Waals surface area contributed by atoms with Crippen LogP contribution in [0.3, 0.4) is 0 Å². The van der Waals surface area contributed by atoms with Crippen LogP contribution >= 0.6 is 11.3 Å². The molecule has 10 heteroatoms. The third-order valence-electron chi connectivity index (χ3n) is 5.39. The lowest BCUT2D eigenvalue weighted by Gasteiger charge is -2.38. The van der Waals surface area contributed by atoms with E-state index >= 15 is 0 Å². The van der Waals surface area contributed by atoms with E-state index in [1.165, 1.54) is 20.9 Å². The highest BCUT2D eigenvalue weighted by Crippen LogP contribution is 2.23. The van der Waals surface area contributed by atoms with E-state index in [-0.39, 0.29) is 31.5 Å². The van der Waals surface area contributed by atoms with Gasteiger partial charge in [-0.1, -0.05) is 12.0 Å². The van der Waals surface area contributed by atoms with Crippen molar-refractivity contribution in [3.8, 4) is 12.3 Å². The molecule has 170 valence electrons. The lowest BCUT2D eigenvalue weighted by atomic mass is 9.97. The Balaban J connectivity index is 1.81. The summed E-state index contributed by atoms with van der Waals surface area (Å²) in [6.45, 7) is 2.22. The van der Waals surface area contributed by atoms with Gasteiger partial charge >= 0.3 is 0 Å². The lowest BCUT2D eigenvalue weighted by Crippen LogP contribution is -2.58. The number of aryl methyl sites for hydroxylation is 2. The van der Waals surface area contributed by atoms with E-state index in [2.05, 4.69) is 16.3 Å². The maximum absolute atomic E-state index is 13.3. The van der Waals surface area contributed by atoms with E-state index in [0.717, 1.165) is 4.88 Å². The Kier molecular flexibility index (Phi) is 7.66. The normalized spacial score (nSPS) is 19.2. The first-order valence-electron chi connectivity index (χ1n) is 10.3. The molecular formula is C22H27N5O4S. The zero-order chi connectivity index (χ0) is 23.3. The summed E-state index contributed by atoms with van der Waals surface area (Å²) in [6.07, 6.45) is 6.12. The van der Waals surface area contributed by atoms with E-state index in [1.807, 2.05) is 17.5 Å². The van der Waals surface area contributed by atoms with Crippen molar-refractivity contribution in [1.29, 1.82) is 0 Å². The van der Waals surface area contributed by atoms with Crippen molar-refractivity contribution in [3.63, 3.8) is 0 Å². The van der Waals surface area contributed by atoms with Gasteiger partial charge in [0.25, 0.3) is 5.91 Å². The minimum atomic E-state index is -0.885. The molecule has 0 radical (unpaired) electrons. The molecule has 3 heterocycles. The quantitative estimate of drug-likeness (QED) is 0.564. The van der Waals surface area contributed by atoms with Gasteiger partial charge in [-0.25, -0.2) is 0 Å². The van der Waals surface area contributed by atoms with E-state index in [9.17, 15) is 14.4 Å². The van der Waals surface area contributed by atoms with Gasteiger partial charge in [-0.15, -0.1) is 17.8 Å². The Morgan fingerprint density at radius 1 is 1.47 bits per heavy atom. The topological polar surface area (TPSA) is 120 Å². The predicted molar refractivity (Wildman–Crippen MR) is 120 cm³/mol. The van der Waals surface area contributed by atoms with Gasteiger partial charge in [-0.2, -0.15) is 5.10 Å². The van der Waals surface area contributed by atoms with Gasteiger partial charge in [0.05, 0.1) is 11.8 Å². The molecule has 0 aliphatic carbocycles. The molecule has 9 nitrogen and oxygen atoms in total. The van der Waals surface area contributed by atoms with Crippen molar-refractivity contribution < 1.29 is 19.1 Å². The summed E-state index contributed by atoms with van der Waals surface area (Å²) in [5.74, 6) is 1.03. The molecule has 1 fully saturated rings. The van der Waals surface area contributed by atoms with Crippen molar-refractivity contribution in [1.82, 2.24) is 20.0 Å². The van der Waals surface area contributed by atoms with Crippen LogP contribution in [0.2, 0.25) is 0 Å². The third-order valence-corrected chi connectivity index (χ3v) is 6.29. The molecule has 2 aromatic rings. The Morgan fingerprint density at radius 2 is 2.25 bits per heavy atom. The minimum Gasteiger partial charge on any atom is -0.368 e. The van der Waals surface area contributed by atoms with Crippen LogP contribution in [0.15, 0.2) is 23.6 Å². The molecule has 0 bridgehead atoms. The monoisotopic (exact) mass is 457 g/mol. The molecule has 0 saturated carbocycles. The first kappa shape index (κ1) is 23.5. The molecular weight excluding hydrogens is 430 g/mol. The van der Waals surface area contributed by atoms with Crippen LogP contribution in [0.25, 0.3) is 0 Å². The van der Waals surface area contributed by atoms with E-state index in [0.29, 0.717) is 24.4 Å². The number of rotatable bonds is 8. The first-order chi connectivity index (χ1) is 15.3. The van der Waals surface area contributed by atoms with Crippen LogP contribution in [0.5, 0.6) is 0 Å². The number of hydrogen-bond donors (Lipinski definition) is 2. The second-order valence-corrected chi connectivity index (χ2v) is 8.75. The number of amides is 3. The number of carbonyl (C=O) groups excluding carboxylic acids is 3. The molecule has 3 amide bonds. The van der Waals surface area contributed by atoms with Gasteiger partial charge in [0.15, 0.2) is 0 Å². The first-order valence-corrected chi connectivity index (χ1v) is 11.2. The van der Waals surface area contributed by atoms with E-state index in [4.69, 9.17) is 16.9 Å². The summed E-state index contributed by atoms with van der Waals surface area (Å²) >= 11 is 1.48. The molecule has 3 atom stereocenters. The van der Waals surface area contributed by atoms with Gasteiger partial charge in [-0.05, 0) is 30.9 Å². The number of nitrogens with two attached hydrogens (primary N) is 1. The zero-order valence-corrected chi connectivity index (χ0v) is 18.9. The summed E-state index contributed by atoms with van der Waals surface area (Å²) in [5.41, 5.74) is 6.63. The fourth-order valence-electron chi connectivity index (χ4n) is 3.82. The average Bonchev–Trinajstić information content (AvgIpc) is 3.39. The van der Waals surface area contributed by atoms with Gasteiger partial charge < -0.3 is 20.7 Å². The third kappa shape index (κ3) is 5.55. The number of carbonyl (C=O) groups is 3. The van der Waals surface area contributed by atoms with Crippen LogP contribution in [0.1, 0.15) is 33.9 Å². The lowest BCUT2D eigenvalue weighted by molar-refractivity contribution is -0.132. The van der Waals surface area contributed by atoms with E-state index < -0.39 is 23.9 Å². The molecule has 32 heavy (non-hydrogen) atoms. The fraction of sp³-hybridized carbons (Fsp3) is 0.455. The number of aromatic nitrogens is 2. The molecule has 2 aromatic heterocycles. The molecule has 1 saturated heterocycles. The summed E-state index contributed by atoms with van der Waals surface area (Å²) in [4.78, 5) is 41.0. The second kappa shape index (κ2) is 10.4. The van der Waals surface area contributed by atoms with Crippen LogP contribution < -0.4 is 11.1 Å². The second-order valence-electron chi connectivity index (χ2n) is 7.72. The van der Waals surface area contributed by atoms with Crippen LogP contribution in [-0.4, -0.2) is 63.7 Å². The molecule has 0 unspecified atom stereocenters.